The zero-order valence-electron chi connectivity index (χ0n) is 18.4. The fourth-order valence-electron chi connectivity index (χ4n) is 4.03. The molecule has 6 nitrogen and oxygen atoms in total. The molecule has 0 aliphatic heterocycles. The van der Waals surface area contributed by atoms with E-state index >= 15 is 0 Å². The van der Waals surface area contributed by atoms with Crippen LogP contribution in [0.15, 0.2) is 65.4 Å². The third-order valence-corrected chi connectivity index (χ3v) is 6.12. The molecule has 170 valence electrons. The Morgan fingerprint density at radius 2 is 1.94 bits per heavy atom. The SMILES string of the molecule is O=C(NCC1CC1)c1coc(CN(CCc2c[nH]c3ccccc23)Cc2ccccc2F)n1. The van der Waals surface area contributed by atoms with E-state index in [2.05, 4.69) is 32.3 Å². The van der Waals surface area contributed by atoms with Crippen LogP contribution < -0.4 is 5.32 Å². The van der Waals surface area contributed by atoms with Gasteiger partial charge in [0.2, 0.25) is 5.89 Å². The molecule has 1 saturated carbocycles. The predicted octanol–water partition coefficient (Wildman–Crippen LogP) is 4.68. The van der Waals surface area contributed by atoms with Crippen LogP contribution >= 0.6 is 0 Å². The van der Waals surface area contributed by atoms with Crippen molar-refractivity contribution in [2.75, 3.05) is 13.1 Å². The summed E-state index contributed by atoms with van der Waals surface area (Å²) >= 11 is 0. The maximum Gasteiger partial charge on any atom is 0.273 e. The van der Waals surface area contributed by atoms with Crippen LogP contribution in [0.3, 0.4) is 0 Å². The van der Waals surface area contributed by atoms with E-state index in [0.29, 0.717) is 43.6 Å². The van der Waals surface area contributed by atoms with E-state index in [4.69, 9.17) is 4.42 Å². The van der Waals surface area contributed by atoms with Crippen LogP contribution in [0.2, 0.25) is 0 Å². The number of fused-ring (bicyclic) bond motifs is 1. The summed E-state index contributed by atoms with van der Waals surface area (Å²) in [5.74, 6) is 0.599. The highest BCUT2D eigenvalue weighted by Gasteiger charge is 2.23. The molecule has 1 aliphatic rings. The summed E-state index contributed by atoms with van der Waals surface area (Å²) < 4.78 is 20.0. The number of para-hydroxylation sites is 1. The van der Waals surface area contributed by atoms with Gasteiger partial charge in [-0.1, -0.05) is 36.4 Å². The molecule has 4 aromatic rings. The molecule has 33 heavy (non-hydrogen) atoms. The summed E-state index contributed by atoms with van der Waals surface area (Å²) in [4.78, 5) is 22.1. The number of nitrogens with one attached hydrogen (secondary N) is 2. The van der Waals surface area contributed by atoms with Gasteiger partial charge in [-0.15, -0.1) is 0 Å². The minimum atomic E-state index is -0.234. The van der Waals surface area contributed by atoms with Crippen molar-refractivity contribution in [2.24, 2.45) is 5.92 Å². The lowest BCUT2D eigenvalue weighted by Crippen LogP contribution is -2.27. The van der Waals surface area contributed by atoms with Crippen molar-refractivity contribution in [3.05, 3.63) is 89.5 Å². The summed E-state index contributed by atoms with van der Waals surface area (Å²) in [6, 6.07) is 15.0. The van der Waals surface area contributed by atoms with E-state index in [-0.39, 0.29) is 17.4 Å². The number of H-pyrrole nitrogens is 1. The summed E-state index contributed by atoms with van der Waals surface area (Å²) in [5.41, 5.74) is 3.21. The van der Waals surface area contributed by atoms with Gasteiger partial charge < -0.3 is 14.7 Å². The van der Waals surface area contributed by atoms with Gasteiger partial charge in [0.15, 0.2) is 5.69 Å². The molecule has 0 radical (unpaired) electrons. The van der Waals surface area contributed by atoms with Crippen molar-refractivity contribution in [3.63, 3.8) is 0 Å². The van der Waals surface area contributed by atoms with Crippen LogP contribution in [-0.4, -0.2) is 33.9 Å². The molecule has 1 aliphatic carbocycles. The number of amides is 1. The Kier molecular flexibility index (Phi) is 6.21. The van der Waals surface area contributed by atoms with E-state index in [1.165, 1.54) is 36.1 Å². The smallest absolute Gasteiger partial charge is 0.273 e. The Bertz CT molecular complexity index is 1240. The highest BCUT2D eigenvalue weighted by molar-refractivity contribution is 5.91. The molecule has 7 heteroatoms. The third kappa shape index (κ3) is 5.31. The standard InChI is InChI=1S/C26H27FN4O2/c27-22-7-3-1-5-20(22)15-31(12-11-19-14-28-23-8-4-2-6-21(19)23)16-25-30-24(17-33-25)26(32)29-13-18-9-10-18/h1-8,14,17-18,28H,9-13,15-16H2,(H,29,32). The van der Waals surface area contributed by atoms with Crippen molar-refractivity contribution in [3.8, 4) is 0 Å². The number of oxazole rings is 1. The van der Waals surface area contributed by atoms with Crippen LogP contribution in [-0.2, 0) is 19.5 Å². The monoisotopic (exact) mass is 446 g/mol. The summed E-state index contributed by atoms with van der Waals surface area (Å²) in [6.07, 6.45) is 6.56. The number of hydrogen-bond acceptors (Lipinski definition) is 4. The zero-order chi connectivity index (χ0) is 22.6. The Labute approximate surface area is 191 Å². The fourth-order valence-corrected chi connectivity index (χ4v) is 4.03. The molecule has 1 fully saturated rings. The molecule has 2 heterocycles. The largest absolute Gasteiger partial charge is 0.447 e. The Morgan fingerprint density at radius 3 is 2.79 bits per heavy atom. The molecule has 2 N–H and O–H groups in total. The maximum atomic E-state index is 14.4. The van der Waals surface area contributed by atoms with Crippen LogP contribution in [0.25, 0.3) is 10.9 Å². The van der Waals surface area contributed by atoms with Gasteiger partial charge in [-0.3, -0.25) is 9.69 Å². The highest BCUT2D eigenvalue weighted by Crippen LogP contribution is 2.27. The number of carbonyl (C=O) groups excluding carboxylic acids is 1. The maximum absolute atomic E-state index is 14.4. The van der Waals surface area contributed by atoms with Crippen LogP contribution in [0.1, 0.15) is 40.3 Å². The number of halogens is 1. The number of nitrogens with zero attached hydrogens (tertiary/aromatic N) is 2. The minimum absolute atomic E-state index is 0.212. The molecular formula is C26H27FN4O2. The zero-order valence-corrected chi connectivity index (χ0v) is 18.4. The third-order valence-electron chi connectivity index (χ3n) is 6.12. The lowest BCUT2D eigenvalue weighted by Gasteiger charge is -2.21. The van der Waals surface area contributed by atoms with Gasteiger partial charge in [0, 0.05) is 42.3 Å². The van der Waals surface area contributed by atoms with Gasteiger partial charge in [-0.25, -0.2) is 9.37 Å². The molecular weight excluding hydrogens is 419 g/mol. The lowest BCUT2D eigenvalue weighted by molar-refractivity contribution is 0.0946. The Morgan fingerprint density at radius 1 is 1.12 bits per heavy atom. The molecule has 0 atom stereocenters. The summed E-state index contributed by atoms with van der Waals surface area (Å²) in [6.45, 7) is 2.17. The van der Waals surface area contributed by atoms with Gasteiger partial charge >= 0.3 is 0 Å². The summed E-state index contributed by atoms with van der Waals surface area (Å²) in [5, 5.41) is 4.10. The minimum Gasteiger partial charge on any atom is -0.447 e. The molecule has 5 rings (SSSR count). The average Bonchev–Trinajstić information content (AvgIpc) is 3.39. The molecule has 1 amide bonds. The van der Waals surface area contributed by atoms with Gasteiger partial charge in [-0.05, 0) is 42.9 Å². The summed E-state index contributed by atoms with van der Waals surface area (Å²) in [7, 11) is 0. The molecule has 2 aromatic heterocycles. The molecule has 0 unspecified atom stereocenters. The number of carbonyl (C=O) groups is 1. The molecule has 0 spiro atoms. The average molecular weight is 447 g/mol. The van der Waals surface area contributed by atoms with E-state index in [0.717, 1.165) is 11.9 Å². The van der Waals surface area contributed by atoms with Crippen molar-refractivity contribution < 1.29 is 13.6 Å². The Balaban J connectivity index is 1.29. The van der Waals surface area contributed by atoms with Gasteiger partial charge in [0.1, 0.15) is 12.1 Å². The second-order valence-electron chi connectivity index (χ2n) is 8.69. The van der Waals surface area contributed by atoms with Crippen LogP contribution in [0, 0.1) is 11.7 Å². The quantitative estimate of drug-likeness (QED) is 0.371. The van der Waals surface area contributed by atoms with Crippen molar-refractivity contribution >= 4 is 16.8 Å². The predicted molar refractivity (Wildman–Crippen MR) is 124 cm³/mol. The van der Waals surface area contributed by atoms with E-state index in [1.807, 2.05) is 24.4 Å². The normalized spacial score (nSPS) is 13.6. The topological polar surface area (TPSA) is 74.2 Å². The second kappa shape index (κ2) is 9.58. The molecule has 2 aromatic carbocycles. The lowest BCUT2D eigenvalue weighted by atomic mass is 10.1. The fraction of sp³-hybridized carbons (Fsp3) is 0.308. The van der Waals surface area contributed by atoms with Crippen molar-refractivity contribution in [2.45, 2.75) is 32.4 Å². The van der Waals surface area contributed by atoms with Gasteiger partial charge in [0.25, 0.3) is 5.91 Å². The number of benzene rings is 2. The first-order chi connectivity index (χ1) is 16.2. The van der Waals surface area contributed by atoms with Gasteiger partial charge in [-0.2, -0.15) is 0 Å². The van der Waals surface area contributed by atoms with Gasteiger partial charge in [0.05, 0.1) is 6.54 Å². The number of aromatic nitrogens is 2. The van der Waals surface area contributed by atoms with E-state index < -0.39 is 0 Å². The first-order valence-electron chi connectivity index (χ1n) is 11.4. The van der Waals surface area contributed by atoms with Crippen molar-refractivity contribution in [1.82, 2.24) is 20.2 Å². The molecule has 0 bridgehead atoms. The van der Waals surface area contributed by atoms with Crippen LogP contribution in [0.4, 0.5) is 4.39 Å². The Hall–Kier alpha value is -3.45. The van der Waals surface area contributed by atoms with Crippen molar-refractivity contribution in [1.29, 1.82) is 0 Å². The van der Waals surface area contributed by atoms with E-state index in [9.17, 15) is 9.18 Å². The first-order valence-corrected chi connectivity index (χ1v) is 11.4. The highest BCUT2D eigenvalue weighted by atomic mass is 19.1. The number of hydrogen-bond donors (Lipinski definition) is 2. The van der Waals surface area contributed by atoms with Crippen LogP contribution in [0.5, 0.6) is 0 Å². The van der Waals surface area contributed by atoms with E-state index in [1.54, 1.807) is 12.1 Å². The number of aromatic amines is 1. The number of rotatable bonds is 10. The first kappa shape index (κ1) is 21.4. The molecule has 0 saturated heterocycles. The second-order valence-corrected chi connectivity index (χ2v) is 8.69.